The van der Waals surface area contributed by atoms with Gasteiger partial charge in [0.2, 0.25) is 5.95 Å². The summed E-state index contributed by atoms with van der Waals surface area (Å²) in [4.78, 5) is 20.1. The second kappa shape index (κ2) is 5.53. The van der Waals surface area contributed by atoms with Gasteiger partial charge in [0.1, 0.15) is 11.4 Å². The standard InChI is InChI=1S/C17H20N4O2/c1-10-13(9-20-16(18)21-10)15(22)19-8-11-4-5-14-12(6-11)7-17(2,3)23-14/h4-6,9H,7-8H2,1-3H3,(H,19,22)(H2,18,20,21). The van der Waals surface area contributed by atoms with E-state index in [4.69, 9.17) is 10.5 Å². The first kappa shape index (κ1) is 15.3. The van der Waals surface area contributed by atoms with Crippen molar-refractivity contribution in [2.45, 2.75) is 39.3 Å². The van der Waals surface area contributed by atoms with Gasteiger partial charge >= 0.3 is 0 Å². The molecule has 120 valence electrons. The summed E-state index contributed by atoms with van der Waals surface area (Å²) in [6.45, 7) is 6.31. The number of anilines is 1. The average Bonchev–Trinajstić information content (AvgIpc) is 2.77. The van der Waals surface area contributed by atoms with E-state index >= 15 is 0 Å². The molecule has 3 rings (SSSR count). The van der Waals surface area contributed by atoms with E-state index in [0.717, 1.165) is 17.7 Å². The molecule has 6 nitrogen and oxygen atoms in total. The molecule has 3 N–H and O–H groups in total. The second-order valence-corrected chi connectivity index (χ2v) is 6.39. The number of nitrogens with one attached hydrogen (secondary N) is 1. The lowest BCUT2D eigenvalue weighted by Gasteiger charge is -2.16. The van der Waals surface area contributed by atoms with Crippen molar-refractivity contribution in [1.29, 1.82) is 0 Å². The van der Waals surface area contributed by atoms with E-state index < -0.39 is 0 Å². The molecule has 1 aromatic heterocycles. The van der Waals surface area contributed by atoms with Crippen molar-refractivity contribution in [1.82, 2.24) is 15.3 Å². The lowest BCUT2D eigenvalue weighted by atomic mass is 10.0. The fraction of sp³-hybridized carbons (Fsp3) is 0.353. The van der Waals surface area contributed by atoms with Crippen molar-refractivity contribution in [3.8, 4) is 5.75 Å². The van der Waals surface area contributed by atoms with Gasteiger partial charge in [-0.1, -0.05) is 12.1 Å². The molecule has 6 heteroatoms. The Morgan fingerprint density at radius 2 is 2.22 bits per heavy atom. The fourth-order valence-corrected chi connectivity index (χ4v) is 2.76. The highest BCUT2D eigenvalue weighted by molar-refractivity contribution is 5.94. The van der Waals surface area contributed by atoms with Gasteiger partial charge in [0.05, 0.1) is 11.3 Å². The van der Waals surface area contributed by atoms with E-state index in [0.29, 0.717) is 17.8 Å². The Kier molecular flexibility index (Phi) is 3.67. The monoisotopic (exact) mass is 312 g/mol. The van der Waals surface area contributed by atoms with E-state index in [1.54, 1.807) is 6.92 Å². The number of amides is 1. The van der Waals surface area contributed by atoms with E-state index in [-0.39, 0.29) is 17.5 Å². The van der Waals surface area contributed by atoms with Crippen LogP contribution in [0.2, 0.25) is 0 Å². The van der Waals surface area contributed by atoms with Crippen LogP contribution in [-0.2, 0) is 13.0 Å². The molecule has 1 aliphatic heterocycles. The molecule has 2 heterocycles. The smallest absolute Gasteiger partial charge is 0.254 e. The number of aromatic nitrogens is 2. The fourth-order valence-electron chi connectivity index (χ4n) is 2.76. The molecule has 0 spiro atoms. The maximum atomic E-state index is 12.2. The normalized spacial score (nSPS) is 14.9. The number of carbonyl (C=O) groups is 1. The topological polar surface area (TPSA) is 90.1 Å². The number of nitrogens with two attached hydrogens (primary N) is 1. The lowest BCUT2D eigenvalue weighted by molar-refractivity contribution is 0.0949. The van der Waals surface area contributed by atoms with Crippen molar-refractivity contribution in [3.05, 3.63) is 46.8 Å². The Morgan fingerprint density at radius 1 is 1.43 bits per heavy atom. The number of carbonyl (C=O) groups excluding carboxylic acids is 1. The summed E-state index contributed by atoms with van der Waals surface area (Å²) in [6.07, 6.45) is 2.32. The molecular weight excluding hydrogens is 292 g/mol. The maximum absolute atomic E-state index is 12.2. The highest BCUT2D eigenvalue weighted by Gasteiger charge is 2.29. The van der Waals surface area contributed by atoms with Gasteiger partial charge in [0.25, 0.3) is 5.91 Å². The number of aryl methyl sites for hydroxylation is 1. The lowest BCUT2D eigenvalue weighted by Crippen LogP contribution is -2.24. The Morgan fingerprint density at radius 3 is 2.96 bits per heavy atom. The molecule has 0 fully saturated rings. The van der Waals surface area contributed by atoms with Gasteiger partial charge in [-0.15, -0.1) is 0 Å². The first-order valence-corrected chi connectivity index (χ1v) is 7.52. The second-order valence-electron chi connectivity index (χ2n) is 6.39. The largest absolute Gasteiger partial charge is 0.487 e. The van der Waals surface area contributed by atoms with Crippen LogP contribution in [0, 0.1) is 6.92 Å². The zero-order chi connectivity index (χ0) is 16.6. The number of hydrogen-bond acceptors (Lipinski definition) is 5. The summed E-state index contributed by atoms with van der Waals surface area (Å²) in [5, 5.41) is 2.89. The quantitative estimate of drug-likeness (QED) is 0.905. The van der Waals surface area contributed by atoms with Gasteiger partial charge in [-0.3, -0.25) is 4.79 Å². The zero-order valence-electron chi connectivity index (χ0n) is 13.5. The van der Waals surface area contributed by atoms with Gasteiger partial charge in [-0.2, -0.15) is 0 Å². The van der Waals surface area contributed by atoms with Crippen LogP contribution in [0.4, 0.5) is 5.95 Å². The molecule has 0 saturated heterocycles. The number of rotatable bonds is 3. The van der Waals surface area contributed by atoms with Gasteiger partial charge < -0.3 is 15.8 Å². The van der Waals surface area contributed by atoms with E-state index in [9.17, 15) is 4.79 Å². The zero-order valence-corrected chi connectivity index (χ0v) is 13.5. The minimum atomic E-state index is -0.209. The summed E-state index contributed by atoms with van der Waals surface area (Å²) >= 11 is 0. The first-order valence-electron chi connectivity index (χ1n) is 7.52. The molecule has 0 atom stereocenters. The molecule has 1 aliphatic rings. The number of hydrogen-bond donors (Lipinski definition) is 2. The third-order valence-electron chi connectivity index (χ3n) is 3.82. The van der Waals surface area contributed by atoms with E-state index in [1.165, 1.54) is 11.8 Å². The van der Waals surface area contributed by atoms with E-state index in [2.05, 4.69) is 35.2 Å². The van der Waals surface area contributed by atoms with E-state index in [1.807, 2.05) is 12.1 Å². The van der Waals surface area contributed by atoms with Crippen LogP contribution in [0.1, 0.15) is 41.0 Å². The van der Waals surface area contributed by atoms with Gasteiger partial charge in [-0.25, -0.2) is 9.97 Å². The van der Waals surface area contributed by atoms with Crippen LogP contribution >= 0.6 is 0 Å². The number of benzene rings is 1. The minimum Gasteiger partial charge on any atom is -0.487 e. The molecule has 0 aliphatic carbocycles. The molecule has 0 bridgehead atoms. The summed E-state index contributed by atoms with van der Waals surface area (Å²) in [6, 6.07) is 6.01. The van der Waals surface area contributed by atoms with Crippen molar-refractivity contribution < 1.29 is 9.53 Å². The van der Waals surface area contributed by atoms with Crippen LogP contribution in [0.15, 0.2) is 24.4 Å². The molecule has 1 amide bonds. The highest BCUT2D eigenvalue weighted by atomic mass is 16.5. The van der Waals surface area contributed by atoms with Gasteiger partial charge in [0, 0.05) is 19.2 Å². The summed E-state index contributed by atoms with van der Waals surface area (Å²) < 4.78 is 5.86. The molecule has 1 aromatic carbocycles. The van der Waals surface area contributed by atoms with Crippen molar-refractivity contribution in [2.24, 2.45) is 0 Å². The predicted octanol–water partition coefficient (Wildman–Crippen LogP) is 2.01. The Labute approximate surface area is 135 Å². The van der Waals surface area contributed by atoms with Crippen LogP contribution < -0.4 is 15.8 Å². The van der Waals surface area contributed by atoms with Crippen molar-refractivity contribution in [2.75, 3.05) is 5.73 Å². The van der Waals surface area contributed by atoms with Crippen molar-refractivity contribution in [3.63, 3.8) is 0 Å². The molecule has 0 unspecified atom stereocenters. The maximum Gasteiger partial charge on any atom is 0.254 e. The highest BCUT2D eigenvalue weighted by Crippen LogP contribution is 2.35. The molecule has 0 saturated carbocycles. The first-order chi connectivity index (χ1) is 10.8. The molecular formula is C17H20N4O2. The van der Waals surface area contributed by atoms with Gasteiger partial charge in [-0.05, 0) is 38.0 Å². The molecule has 0 radical (unpaired) electrons. The Balaban J connectivity index is 1.68. The third-order valence-corrected chi connectivity index (χ3v) is 3.82. The Hall–Kier alpha value is -2.63. The number of nitrogens with zero attached hydrogens (tertiary/aromatic N) is 2. The van der Waals surface area contributed by atoms with Crippen LogP contribution in [-0.4, -0.2) is 21.5 Å². The summed E-state index contributed by atoms with van der Waals surface area (Å²) in [5.41, 5.74) is 8.55. The number of fused-ring (bicyclic) bond motifs is 1. The Bertz CT molecular complexity index is 771. The third kappa shape index (κ3) is 3.26. The molecule has 23 heavy (non-hydrogen) atoms. The average molecular weight is 312 g/mol. The molecule has 2 aromatic rings. The van der Waals surface area contributed by atoms with Crippen LogP contribution in [0.5, 0.6) is 5.75 Å². The SMILES string of the molecule is Cc1nc(N)ncc1C(=O)NCc1ccc2c(c1)CC(C)(C)O2. The van der Waals surface area contributed by atoms with Crippen LogP contribution in [0.25, 0.3) is 0 Å². The predicted molar refractivity (Wildman–Crippen MR) is 87.2 cm³/mol. The van der Waals surface area contributed by atoms with Crippen molar-refractivity contribution >= 4 is 11.9 Å². The van der Waals surface area contributed by atoms with Gasteiger partial charge in [0.15, 0.2) is 0 Å². The van der Waals surface area contributed by atoms with Crippen LogP contribution in [0.3, 0.4) is 0 Å². The number of nitrogen functional groups attached to an aromatic ring is 1. The summed E-state index contributed by atoms with van der Waals surface area (Å²) in [5.74, 6) is 0.882. The number of ether oxygens (including phenoxy) is 1. The minimum absolute atomic E-state index is 0.164. The summed E-state index contributed by atoms with van der Waals surface area (Å²) in [7, 11) is 0.